The van der Waals surface area contributed by atoms with Crippen LogP contribution in [-0.2, 0) is 4.52 Å². The van der Waals surface area contributed by atoms with Gasteiger partial charge in [0.25, 0.3) is 0 Å². The number of likely N-dealkylation sites (N-methyl/N-ethyl adjacent to an activating group) is 1. The predicted molar refractivity (Wildman–Crippen MR) is 37.0 cm³/mol. The van der Waals surface area contributed by atoms with Crippen LogP contribution in [0.15, 0.2) is 4.95 Å². The van der Waals surface area contributed by atoms with Gasteiger partial charge in [0.15, 0.2) is 4.95 Å². The van der Waals surface area contributed by atoms with Gasteiger partial charge in [0.2, 0.25) is 0 Å². The van der Waals surface area contributed by atoms with Gasteiger partial charge in [-0.2, -0.15) is 14.3 Å². The van der Waals surface area contributed by atoms with Gasteiger partial charge in [-0.05, 0) is 7.05 Å². The molecule has 0 heterocycles. The standard InChI is InChI=1S/C3H10N2O4P/c1-4-2-3-9-10(7,8)5-6/h4,7-8H,2-3H2,1H3/q+1. The van der Waals surface area contributed by atoms with Gasteiger partial charge in [0, 0.05) is 6.54 Å². The zero-order valence-corrected chi connectivity index (χ0v) is 6.41. The summed E-state index contributed by atoms with van der Waals surface area (Å²) in [5.74, 6) is 0. The predicted octanol–water partition coefficient (Wildman–Crippen LogP) is -0.349. The van der Waals surface area contributed by atoms with Crippen LogP contribution in [0.3, 0.4) is 0 Å². The molecule has 0 radical (unpaired) electrons. The molecule has 0 fully saturated rings. The molecule has 0 aliphatic carbocycles. The van der Waals surface area contributed by atoms with Crippen LogP contribution in [-0.4, -0.2) is 30.0 Å². The van der Waals surface area contributed by atoms with Gasteiger partial charge in [-0.1, -0.05) is 4.91 Å². The van der Waals surface area contributed by atoms with Crippen molar-refractivity contribution in [2.45, 2.75) is 0 Å². The van der Waals surface area contributed by atoms with E-state index in [9.17, 15) is 4.91 Å². The second-order valence-electron chi connectivity index (χ2n) is 1.53. The summed E-state index contributed by atoms with van der Waals surface area (Å²) in [6.45, 7) is 0.501. The zero-order valence-electron chi connectivity index (χ0n) is 5.52. The molecule has 0 saturated heterocycles. The Labute approximate surface area is 58.8 Å². The minimum Gasteiger partial charge on any atom is -0.317 e. The van der Waals surface area contributed by atoms with E-state index in [4.69, 9.17) is 9.79 Å². The molecule has 0 unspecified atom stereocenters. The maximum Gasteiger partial charge on any atom is 0.588 e. The third kappa shape index (κ3) is 4.72. The lowest BCUT2D eigenvalue weighted by Crippen LogP contribution is -2.13. The molecule has 0 saturated carbocycles. The fourth-order valence-electron chi connectivity index (χ4n) is 0.294. The molecule has 7 heteroatoms. The summed E-state index contributed by atoms with van der Waals surface area (Å²) >= 11 is 0. The van der Waals surface area contributed by atoms with Gasteiger partial charge in [0.1, 0.15) is 6.61 Å². The summed E-state index contributed by atoms with van der Waals surface area (Å²) in [7, 11) is -2.25. The first-order valence-corrected chi connectivity index (χ1v) is 4.17. The molecule has 6 nitrogen and oxygen atoms in total. The molecular formula is C3H10N2O4P+. The summed E-state index contributed by atoms with van der Waals surface area (Å²) < 4.78 is 4.30. The van der Waals surface area contributed by atoms with E-state index in [1.165, 1.54) is 0 Å². The van der Waals surface area contributed by atoms with Gasteiger partial charge in [-0.25, -0.2) is 0 Å². The summed E-state index contributed by atoms with van der Waals surface area (Å²) in [5, 5.41) is 2.69. The van der Waals surface area contributed by atoms with Crippen LogP contribution in [0.5, 0.6) is 0 Å². The summed E-state index contributed by atoms with van der Waals surface area (Å²) in [6.07, 6.45) is 0. The van der Waals surface area contributed by atoms with E-state index in [0.29, 0.717) is 6.54 Å². The van der Waals surface area contributed by atoms with Crippen LogP contribution in [0.2, 0.25) is 0 Å². The van der Waals surface area contributed by atoms with E-state index in [0.717, 1.165) is 0 Å². The lowest BCUT2D eigenvalue weighted by atomic mass is 10.7. The largest absolute Gasteiger partial charge is 0.588 e. The molecule has 10 heavy (non-hydrogen) atoms. The summed E-state index contributed by atoms with van der Waals surface area (Å²) in [4.78, 5) is 28.6. The van der Waals surface area contributed by atoms with Crippen molar-refractivity contribution in [2.24, 2.45) is 4.95 Å². The molecule has 0 spiro atoms. The molecule has 0 amide bonds. The van der Waals surface area contributed by atoms with E-state index < -0.39 is 8.09 Å². The highest BCUT2D eigenvalue weighted by molar-refractivity contribution is 7.58. The molecule has 0 aromatic carbocycles. The number of hydrogen-bond donors (Lipinski definition) is 3. The SMILES string of the molecule is CNCCO[P+](O)(O)N=O. The van der Waals surface area contributed by atoms with Crippen molar-refractivity contribution >= 4 is 8.09 Å². The number of rotatable bonds is 5. The number of nitroso groups, excluding NO2 is 1. The van der Waals surface area contributed by atoms with Crippen LogP contribution < -0.4 is 5.32 Å². The number of nitrogens with one attached hydrogen (secondary N) is 1. The van der Waals surface area contributed by atoms with Crippen LogP contribution in [0.1, 0.15) is 0 Å². The van der Waals surface area contributed by atoms with Crippen molar-refractivity contribution in [3.8, 4) is 0 Å². The Morgan fingerprint density at radius 1 is 1.70 bits per heavy atom. The Morgan fingerprint density at radius 3 is 2.70 bits per heavy atom. The highest BCUT2D eigenvalue weighted by Gasteiger charge is 2.39. The van der Waals surface area contributed by atoms with Gasteiger partial charge >= 0.3 is 8.09 Å². The highest BCUT2D eigenvalue weighted by atomic mass is 31.2. The Morgan fingerprint density at radius 2 is 2.30 bits per heavy atom. The lowest BCUT2D eigenvalue weighted by Gasteiger charge is -1.99. The van der Waals surface area contributed by atoms with Crippen molar-refractivity contribution < 1.29 is 14.3 Å². The quantitative estimate of drug-likeness (QED) is 0.297. The van der Waals surface area contributed by atoms with Crippen molar-refractivity contribution in [3.05, 3.63) is 4.91 Å². The van der Waals surface area contributed by atoms with Crippen molar-refractivity contribution in [1.82, 2.24) is 5.32 Å². The second-order valence-corrected chi connectivity index (χ2v) is 2.98. The van der Waals surface area contributed by atoms with Crippen molar-refractivity contribution in [2.75, 3.05) is 20.2 Å². The fourth-order valence-corrected chi connectivity index (χ4v) is 0.677. The molecule has 0 rings (SSSR count). The smallest absolute Gasteiger partial charge is 0.317 e. The average molecular weight is 169 g/mol. The maximum absolute atomic E-state index is 9.57. The summed E-state index contributed by atoms with van der Waals surface area (Å²) in [6, 6.07) is 0. The van der Waals surface area contributed by atoms with Gasteiger partial charge < -0.3 is 5.32 Å². The van der Waals surface area contributed by atoms with E-state index in [1.807, 2.05) is 4.95 Å². The van der Waals surface area contributed by atoms with Crippen LogP contribution in [0, 0.1) is 4.91 Å². The lowest BCUT2D eigenvalue weighted by molar-refractivity contribution is 0.231. The van der Waals surface area contributed by atoms with Crippen LogP contribution in [0.25, 0.3) is 0 Å². The van der Waals surface area contributed by atoms with Gasteiger partial charge in [-0.15, -0.1) is 0 Å². The Kier molecular flexibility index (Phi) is 4.59. The minimum absolute atomic E-state index is 0.0585. The van der Waals surface area contributed by atoms with E-state index >= 15 is 0 Å². The third-order valence-corrected chi connectivity index (χ3v) is 1.46. The molecule has 0 bridgehead atoms. The van der Waals surface area contributed by atoms with Crippen LogP contribution in [0.4, 0.5) is 0 Å². The first-order valence-electron chi connectivity index (χ1n) is 2.61. The molecule has 0 aliphatic rings. The molecule has 0 atom stereocenters. The first-order chi connectivity index (χ1) is 4.62. The number of hydrogen-bond acceptors (Lipinski definition) is 6. The normalized spacial score (nSPS) is 11.5. The van der Waals surface area contributed by atoms with Crippen LogP contribution >= 0.6 is 8.09 Å². The van der Waals surface area contributed by atoms with E-state index in [-0.39, 0.29) is 6.61 Å². The minimum atomic E-state index is -3.92. The molecule has 0 aliphatic heterocycles. The molecule has 0 aromatic rings. The van der Waals surface area contributed by atoms with Gasteiger partial charge in [0.05, 0.1) is 0 Å². The van der Waals surface area contributed by atoms with Crippen molar-refractivity contribution in [3.63, 3.8) is 0 Å². The second kappa shape index (κ2) is 4.65. The Bertz CT molecular complexity index is 109. The summed E-state index contributed by atoms with van der Waals surface area (Å²) in [5.41, 5.74) is 0. The average Bonchev–Trinajstić information content (AvgIpc) is 1.89. The highest BCUT2D eigenvalue weighted by Crippen LogP contribution is 2.51. The Hall–Kier alpha value is -0.130. The first kappa shape index (κ1) is 9.87. The van der Waals surface area contributed by atoms with E-state index in [2.05, 4.69) is 9.84 Å². The number of nitrogens with zero attached hydrogens (tertiary/aromatic N) is 1. The topological polar surface area (TPSA) is 91.2 Å². The molecule has 60 valence electrons. The van der Waals surface area contributed by atoms with Crippen molar-refractivity contribution in [1.29, 1.82) is 0 Å². The maximum atomic E-state index is 9.57. The van der Waals surface area contributed by atoms with Gasteiger partial charge in [-0.3, -0.25) is 0 Å². The third-order valence-electron chi connectivity index (χ3n) is 0.723. The zero-order chi connectivity index (χ0) is 8.04. The Balaban J connectivity index is 3.37. The monoisotopic (exact) mass is 169 g/mol. The molecule has 0 aromatic heterocycles. The van der Waals surface area contributed by atoms with E-state index in [1.54, 1.807) is 7.05 Å². The molecular weight excluding hydrogens is 159 g/mol. The fraction of sp³-hybridized carbons (Fsp3) is 1.00. The molecule has 3 N–H and O–H groups in total.